The molecule has 0 heterocycles. The van der Waals surface area contributed by atoms with Crippen LogP contribution in [0, 0.1) is 5.41 Å². The zero-order chi connectivity index (χ0) is 7.94. The molecule has 0 saturated carbocycles. The predicted molar refractivity (Wildman–Crippen MR) is 41.8 cm³/mol. The van der Waals surface area contributed by atoms with Crippen LogP contribution in [-0.4, -0.2) is 5.78 Å². The Kier molecular flexibility index (Phi) is 1.46. The summed E-state index contributed by atoms with van der Waals surface area (Å²) >= 11 is 0. The lowest BCUT2D eigenvalue weighted by molar-refractivity contribution is -0.117. The van der Waals surface area contributed by atoms with E-state index in [4.69, 9.17) is 0 Å². The highest BCUT2D eigenvalue weighted by Gasteiger charge is 2.32. The van der Waals surface area contributed by atoms with Gasteiger partial charge in [0.1, 0.15) is 0 Å². The van der Waals surface area contributed by atoms with Crippen LogP contribution >= 0.6 is 0 Å². The molecule has 1 aliphatic carbocycles. The minimum atomic E-state index is 0.0689. The fourth-order valence-corrected chi connectivity index (χ4v) is 1.61. The highest BCUT2D eigenvalue weighted by molar-refractivity contribution is 6.05. The largest absolute Gasteiger partial charge is 0.294 e. The van der Waals surface area contributed by atoms with E-state index in [-0.39, 0.29) is 5.41 Å². The molecule has 0 fully saturated rings. The fraction of sp³-hybridized carbons (Fsp3) is 0.667. The van der Waals surface area contributed by atoms with Crippen molar-refractivity contribution in [1.82, 2.24) is 0 Å². The van der Waals surface area contributed by atoms with Crippen LogP contribution in [0.4, 0.5) is 0 Å². The molecule has 56 valence electrons. The lowest BCUT2D eigenvalue weighted by atomic mass is 9.73. The third-order valence-corrected chi connectivity index (χ3v) is 1.88. The first-order valence-corrected chi connectivity index (χ1v) is 3.66. The van der Waals surface area contributed by atoms with Crippen molar-refractivity contribution >= 4 is 5.78 Å². The normalized spacial score (nSPS) is 19.4. The molecule has 1 heteroatoms. The Morgan fingerprint density at radius 1 is 1.30 bits per heavy atom. The van der Waals surface area contributed by atoms with Gasteiger partial charge in [-0.05, 0) is 12.3 Å². The molecule has 0 amide bonds. The van der Waals surface area contributed by atoms with Gasteiger partial charge in [-0.2, -0.15) is 0 Å². The molecule has 0 spiro atoms. The quantitative estimate of drug-likeness (QED) is 0.502. The average molecular weight is 138 g/mol. The van der Waals surface area contributed by atoms with E-state index in [1.165, 1.54) is 5.57 Å². The summed E-state index contributed by atoms with van der Waals surface area (Å²) in [5.41, 5.74) is 2.39. The number of carbonyl (C=O) groups excluding carboxylic acids is 1. The molecule has 0 aromatic carbocycles. The average Bonchev–Trinajstić information content (AvgIpc) is 1.58. The minimum Gasteiger partial charge on any atom is -0.294 e. The number of hydrogen-bond donors (Lipinski definition) is 0. The zero-order valence-corrected chi connectivity index (χ0v) is 7.12. The molecule has 0 radical (unpaired) electrons. The van der Waals surface area contributed by atoms with Gasteiger partial charge < -0.3 is 0 Å². The van der Waals surface area contributed by atoms with Gasteiger partial charge in [0.15, 0.2) is 5.78 Å². The molecule has 0 bridgehead atoms. The van der Waals surface area contributed by atoms with Crippen molar-refractivity contribution in [3.63, 3.8) is 0 Å². The van der Waals surface area contributed by atoms with Gasteiger partial charge in [0.25, 0.3) is 0 Å². The Labute approximate surface area is 62.1 Å². The fourth-order valence-electron chi connectivity index (χ4n) is 1.61. The summed E-state index contributed by atoms with van der Waals surface area (Å²) < 4.78 is 0. The van der Waals surface area contributed by atoms with E-state index >= 15 is 0 Å². The number of carbonyl (C=O) groups is 1. The third kappa shape index (κ3) is 1.00. The van der Waals surface area contributed by atoms with Crippen molar-refractivity contribution in [3.05, 3.63) is 11.1 Å². The van der Waals surface area contributed by atoms with E-state index in [0.717, 1.165) is 5.57 Å². The molecule has 10 heavy (non-hydrogen) atoms. The first-order chi connectivity index (χ1) is 4.43. The van der Waals surface area contributed by atoms with Gasteiger partial charge in [0, 0.05) is 12.0 Å². The van der Waals surface area contributed by atoms with Crippen LogP contribution in [0.3, 0.4) is 0 Å². The van der Waals surface area contributed by atoms with Crippen LogP contribution in [0.2, 0.25) is 0 Å². The molecule has 1 rings (SSSR count). The van der Waals surface area contributed by atoms with Gasteiger partial charge in [-0.25, -0.2) is 0 Å². The number of allylic oxidation sites excluding steroid dienone is 2. The van der Waals surface area contributed by atoms with E-state index in [0.29, 0.717) is 12.2 Å². The number of Topliss-reactive ketones (excluding diaryl/α,β-unsaturated/α-hetero) is 1. The highest BCUT2D eigenvalue weighted by Crippen LogP contribution is 2.37. The molecule has 0 aromatic rings. The summed E-state index contributed by atoms with van der Waals surface area (Å²) in [6, 6.07) is 0. The van der Waals surface area contributed by atoms with E-state index in [1.54, 1.807) is 0 Å². The van der Waals surface area contributed by atoms with Gasteiger partial charge in [-0.3, -0.25) is 4.79 Å². The first-order valence-electron chi connectivity index (χ1n) is 3.66. The second-order valence-corrected chi connectivity index (χ2v) is 4.01. The van der Waals surface area contributed by atoms with Crippen molar-refractivity contribution in [2.24, 2.45) is 5.41 Å². The minimum absolute atomic E-state index is 0.0689. The Morgan fingerprint density at radius 2 is 1.80 bits per heavy atom. The van der Waals surface area contributed by atoms with Crippen LogP contribution in [-0.2, 0) is 4.79 Å². The Hall–Kier alpha value is -0.590. The van der Waals surface area contributed by atoms with Gasteiger partial charge in [0.05, 0.1) is 0 Å². The maximum atomic E-state index is 11.0. The topological polar surface area (TPSA) is 17.1 Å². The monoisotopic (exact) mass is 138 g/mol. The van der Waals surface area contributed by atoms with E-state index in [2.05, 4.69) is 20.8 Å². The number of rotatable bonds is 0. The van der Waals surface area contributed by atoms with Crippen molar-refractivity contribution in [2.75, 3.05) is 0 Å². The molecule has 0 N–H and O–H groups in total. The molecular weight excluding hydrogens is 124 g/mol. The van der Waals surface area contributed by atoms with E-state index < -0.39 is 0 Å². The maximum Gasteiger partial charge on any atom is 0.163 e. The van der Waals surface area contributed by atoms with Crippen molar-refractivity contribution < 1.29 is 4.79 Å². The van der Waals surface area contributed by atoms with Crippen molar-refractivity contribution in [3.8, 4) is 0 Å². The molecule has 0 aliphatic heterocycles. The van der Waals surface area contributed by atoms with Crippen LogP contribution in [0.1, 0.15) is 34.1 Å². The van der Waals surface area contributed by atoms with Crippen molar-refractivity contribution in [1.29, 1.82) is 0 Å². The molecule has 0 aromatic heterocycles. The lowest BCUT2D eigenvalue weighted by Gasteiger charge is -2.30. The van der Waals surface area contributed by atoms with E-state index in [9.17, 15) is 4.79 Å². The maximum absolute atomic E-state index is 11.0. The van der Waals surface area contributed by atoms with Crippen molar-refractivity contribution in [2.45, 2.75) is 34.1 Å². The van der Waals surface area contributed by atoms with Gasteiger partial charge in [0.2, 0.25) is 0 Å². The summed E-state index contributed by atoms with van der Waals surface area (Å²) in [6.45, 7) is 8.30. The van der Waals surface area contributed by atoms with Crippen LogP contribution in [0.25, 0.3) is 0 Å². The molecule has 0 atom stereocenters. The van der Waals surface area contributed by atoms with Gasteiger partial charge in [-0.1, -0.05) is 26.3 Å². The Bertz CT molecular complexity index is 203. The molecule has 0 saturated heterocycles. The summed E-state index contributed by atoms with van der Waals surface area (Å²) in [7, 11) is 0. The summed E-state index contributed by atoms with van der Waals surface area (Å²) in [5.74, 6) is 0.338. The van der Waals surface area contributed by atoms with E-state index in [1.807, 2.05) is 6.92 Å². The second kappa shape index (κ2) is 1.94. The first kappa shape index (κ1) is 7.52. The zero-order valence-electron chi connectivity index (χ0n) is 7.12. The van der Waals surface area contributed by atoms with Gasteiger partial charge in [-0.15, -0.1) is 0 Å². The van der Waals surface area contributed by atoms with Gasteiger partial charge >= 0.3 is 0 Å². The third-order valence-electron chi connectivity index (χ3n) is 1.88. The Balaban J connectivity index is 2.94. The lowest BCUT2D eigenvalue weighted by Crippen LogP contribution is -2.27. The SMILES string of the molecule is CC1=C(C(C)(C)C)C(=O)C1. The summed E-state index contributed by atoms with van der Waals surface area (Å²) in [5, 5.41) is 0. The summed E-state index contributed by atoms with van der Waals surface area (Å²) in [4.78, 5) is 11.0. The molecule has 0 unspecified atom stereocenters. The highest BCUT2D eigenvalue weighted by atomic mass is 16.1. The molecular formula is C9H14O. The smallest absolute Gasteiger partial charge is 0.163 e. The second-order valence-electron chi connectivity index (χ2n) is 4.01. The standard InChI is InChI=1S/C9H14O/c1-6-5-7(10)8(6)9(2,3)4/h5H2,1-4H3. The number of ketones is 1. The van der Waals surface area contributed by atoms with Crippen LogP contribution in [0.15, 0.2) is 11.1 Å². The van der Waals surface area contributed by atoms with Crippen LogP contribution in [0.5, 0.6) is 0 Å². The molecule has 1 nitrogen and oxygen atoms in total. The summed E-state index contributed by atoms with van der Waals surface area (Å²) in [6.07, 6.45) is 0.687. The number of hydrogen-bond acceptors (Lipinski definition) is 1. The Morgan fingerprint density at radius 3 is 1.90 bits per heavy atom. The molecule has 1 aliphatic rings. The predicted octanol–water partition coefficient (Wildman–Crippen LogP) is 2.32. The van der Waals surface area contributed by atoms with Crippen LogP contribution < -0.4 is 0 Å².